The van der Waals surface area contributed by atoms with Crippen LogP contribution in [0, 0.1) is 0 Å². The fourth-order valence-corrected chi connectivity index (χ4v) is 2.10. The first kappa shape index (κ1) is 14.7. The summed E-state index contributed by atoms with van der Waals surface area (Å²) >= 11 is 3.10. The van der Waals surface area contributed by atoms with Gasteiger partial charge in [0, 0.05) is 7.05 Å². The van der Waals surface area contributed by atoms with E-state index < -0.39 is 11.7 Å². The number of benzene rings is 2. The maximum atomic E-state index is 12.6. The smallest absolute Gasteiger partial charge is 0.416 e. The van der Waals surface area contributed by atoms with Gasteiger partial charge in [-0.25, -0.2) is 0 Å². The van der Waals surface area contributed by atoms with Crippen molar-refractivity contribution in [3.63, 3.8) is 0 Å². The average molecular weight is 346 g/mol. The van der Waals surface area contributed by atoms with E-state index in [1.165, 1.54) is 6.07 Å². The Kier molecular flexibility index (Phi) is 4.23. The van der Waals surface area contributed by atoms with Crippen LogP contribution in [0.1, 0.15) is 5.56 Å². The third-order valence-corrected chi connectivity index (χ3v) is 3.26. The molecule has 0 fully saturated rings. The second-order valence-corrected chi connectivity index (χ2v) is 4.85. The molecule has 6 heteroatoms. The fourth-order valence-electron chi connectivity index (χ4n) is 1.64. The predicted molar refractivity (Wildman–Crippen MR) is 75.2 cm³/mol. The van der Waals surface area contributed by atoms with Gasteiger partial charge in [0.25, 0.3) is 0 Å². The minimum atomic E-state index is -4.37. The monoisotopic (exact) mass is 345 g/mol. The molecule has 0 radical (unpaired) electrons. The molecule has 0 saturated heterocycles. The van der Waals surface area contributed by atoms with E-state index in [0.29, 0.717) is 11.5 Å². The highest BCUT2D eigenvalue weighted by molar-refractivity contribution is 9.10. The van der Waals surface area contributed by atoms with E-state index in [1.54, 1.807) is 19.2 Å². The molecule has 0 bridgehead atoms. The number of rotatable bonds is 3. The molecule has 0 aliphatic rings. The average Bonchev–Trinajstić information content (AvgIpc) is 2.40. The summed E-state index contributed by atoms with van der Waals surface area (Å²) in [5.74, 6) is 0.858. The van der Waals surface area contributed by atoms with E-state index in [2.05, 4.69) is 21.2 Å². The first-order valence-corrected chi connectivity index (χ1v) is 6.52. The zero-order valence-corrected chi connectivity index (χ0v) is 12.0. The van der Waals surface area contributed by atoms with Crippen LogP contribution in [0.5, 0.6) is 11.5 Å². The molecule has 1 N–H and O–H groups in total. The number of nitrogens with one attached hydrogen (secondary N) is 1. The van der Waals surface area contributed by atoms with Crippen LogP contribution in [-0.4, -0.2) is 7.05 Å². The number of para-hydroxylation sites is 2. The second kappa shape index (κ2) is 5.75. The second-order valence-electron chi connectivity index (χ2n) is 3.99. The van der Waals surface area contributed by atoms with Crippen molar-refractivity contribution in [2.24, 2.45) is 0 Å². The van der Waals surface area contributed by atoms with Crippen LogP contribution in [0.2, 0.25) is 0 Å². The van der Waals surface area contributed by atoms with Crippen molar-refractivity contribution < 1.29 is 17.9 Å². The standard InChI is InChI=1S/C14H11BrF3NO/c1-19-11-4-2-3-5-13(11)20-12-7-6-9(8-10(12)15)14(16,17)18/h2-8,19H,1H3. The van der Waals surface area contributed by atoms with Crippen molar-refractivity contribution >= 4 is 21.6 Å². The Labute approximate surface area is 122 Å². The lowest BCUT2D eigenvalue weighted by molar-refractivity contribution is -0.137. The van der Waals surface area contributed by atoms with Gasteiger partial charge in [-0.2, -0.15) is 13.2 Å². The van der Waals surface area contributed by atoms with Crippen molar-refractivity contribution in [1.29, 1.82) is 0 Å². The summed E-state index contributed by atoms with van der Waals surface area (Å²) in [6, 6.07) is 10.4. The Morgan fingerprint density at radius 1 is 1.05 bits per heavy atom. The van der Waals surface area contributed by atoms with Crippen LogP contribution < -0.4 is 10.1 Å². The van der Waals surface area contributed by atoms with E-state index >= 15 is 0 Å². The highest BCUT2D eigenvalue weighted by atomic mass is 79.9. The van der Waals surface area contributed by atoms with Crippen molar-refractivity contribution in [2.75, 3.05) is 12.4 Å². The van der Waals surface area contributed by atoms with Crippen LogP contribution >= 0.6 is 15.9 Å². The third-order valence-electron chi connectivity index (χ3n) is 2.64. The van der Waals surface area contributed by atoms with Gasteiger partial charge in [-0.15, -0.1) is 0 Å². The molecule has 2 aromatic rings. The number of alkyl halides is 3. The van der Waals surface area contributed by atoms with Gasteiger partial charge in [0.15, 0.2) is 5.75 Å². The molecule has 0 aliphatic carbocycles. The van der Waals surface area contributed by atoms with E-state index in [9.17, 15) is 13.2 Å². The van der Waals surface area contributed by atoms with Crippen LogP contribution in [0.4, 0.5) is 18.9 Å². The zero-order chi connectivity index (χ0) is 14.8. The van der Waals surface area contributed by atoms with Crippen molar-refractivity contribution in [3.05, 3.63) is 52.5 Å². The molecule has 2 rings (SSSR count). The Balaban J connectivity index is 2.31. The van der Waals surface area contributed by atoms with E-state index in [-0.39, 0.29) is 4.47 Å². The molecule has 0 aromatic heterocycles. The summed E-state index contributed by atoms with van der Waals surface area (Å²) in [5, 5.41) is 2.95. The minimum absolute atomic E-state index is 0.248. The number of halogens is 4. The highest BCUT2D eigenvalue weighted by Crippen LogP contribution is 2.37. The first-order valence-electron chi connectivity index (χ1n) is 5.73. The lowest BCUT2D eigenvalue weighted by Crippen LogP contribution is -2.04. The number of anilines is 1. The molecule has 2 nitrogen and oxygen atoms in total. The molecule has 0 saturated carbocycles. The van der Waals surface area contributed by atoms with Gasteiger partial charge in [-0.1, -0.05) is 12.1 Å². The lowest BCUT2D eigenvalue weighted by atomic mass is 10.2. The van der Waals surface area contributed by atoms with E-state index in [0.717, 1.165) is 17.8 Å². The van der Waals surface area contributed by atoms with Crippen LogP contribution in [-0.2, 0) is 6.18 Å². The van der Waals surface area contributed by atoms with Gasteiger partial charge in [0.05, 0.1) is 15.7 Å². The van der Waals surface area contributed by atoms with Gasteiger partial charge in [0.2, 0.25) is 0 Å². The zero-order valence-electron chi connectivity index (χ0n) is 10.5. The Hall–Kier alpha value is -1.69. The molecule has 0 unspecified atom stereocenters. The van der Waals surface area contributed by atoms with Crippen LogP contribution in [0.25, 0.3) is 0 Å². The molecule has 20 heavy (non-hydrogen) atoms. The van der Waals surface area contributed by atoms with Crippen LogP contribution in [0.15, 0.2) is 46.9 Å². The summed E-state index contributed by atoms with van der Waals surface area (Å²) in [4.78, 5) is 0. The van der Waals surface area contributed by atoms with Crippen molar-refractivity contribution in [3.8, 4) is 11.5 Å². The Bertz CT molecular complexity index is 614. The molecular formula is C14H11BrF3NO. The SMILES string of the molecule is CNc1ccccc1Oc1ccc(C(F)(F)F)cc1Br. The topological polar surface area (TPSA) is 21.3 Å². The first-order chi connectivity index (χ1) is 9.41. The molecule has 0 spiro atoms. The summed E-state index contributed by atoms with van der Waals surface area (Å²) in [6.45, 7) is 0. The number of ether oxygens (including phenoxy) is 1. The van der Waals surface area contributed by atoms with Crippen LogP contribution in [0.3, 0.4) is 0 Å². The molecule has 106 valence electrons. The molecule has 2 aromatic carbocycles. The highest BCUT2D eigenvalue weighted by Gasteiger charge is 2.31. The van der Waals surface area contributed by atoms with Crippen molar-refractivity contribution in [2.45, 2.75) is 6.18 Å². The maximum absolute atomic E-state index is 12.6. The van der Waals surface area contributed by atoms with Gasteiger partial charge >= 0.3 is 6.18 Å². The minimum Gasteiger partial charge on any atom is -0.454 e. The normalized spacial score (nSPS) is 11.2. The molecule has 0 aliphatic heterocycles. The summed E-state index contributed by atoms with van der Waals surface area (Å²) < 4.78 is 43.6. The lowest BCUT2D eigenvalue weighted by Gasteiger charge is -2.13. The fraction of sp³-hybridized carbons (Fsp3) is 0.143. The quantitative estimate of drug-likeness (QED) is 0.814. The molecule has 0 amide bonds. The van der Waals surface area contributed by atoms with Gasteiger partial charge in [0.1, 0.15) is 5.75 Å². The predicted octanol–water partition coefficient (Wildman–Crippen LogP) is 5.30. The van der Waals surface area contributed by atoms with Gasteiger partial charge in [-0.3, -0.25) is 0 Å². The number of hydrogen-bond donors (Lipinski definition) is 1. The van der Waals surface area contributed by atoms with Crippen molar-refractivity contribution in [1.82, 2.24) is 0 Å². The van der Waals surface area contributed by atoms with Gasteiger partial charge < -0.3 is 10.1 Å². The summed E-state index contributed by atoms with van der Waals surface area (Å²) in [6.07, 6.45) is -4.37. The number of hydrogen-bond acceptors (Lipinski definition) is 2. The summed E-state index contributed by atoms with van der Waals surface area (Å²) in [5.41, 5.74) is 0.0259. The molecule has 0 atom stereocenters. The summed E-state index contributed by atoms with van der Waals surface area (Å²) in [7, 11) is 1.74. The molecule has 0 heterocycles. The van der Waals surface area contributed by atoms with Gasteiger partial charge in [-0.05, 0) is 46.3 Å². The maximum Gasteiger partial charge on any atom is 0.416 e. The Morgan fingerprint density at radius 3 is 2.35 bits per heavy atom. The largest absolute Gasteiger partial charge is 0.454 e. The van der Waals surface area contributed by atoms with E-state index in [4.69, 9.17) is 4.74 Å². The van der Waals surface area contributed by atoms with E-state index in [1.807, 2.05) is 12.1 Å². The third kappa shape index (κ3) is 3.25. The molecular weight excluding hydrogens is 335 g/mol. The Morgan fingerprint density at radius 2 is 1.75 bits per heavy atom.